The third-order valence-electron chi connectivity index (χ3n) is 4.88. The van der Waals surface area contributed by atoms with Gasteiger partial charge in [-0.25, -0.2) is 0 Å². The Bertz CT molecular complexity index is 1330. The van der Waals surface area contributed by atoms with Crippen LogP contribution in [0.5, 0.6) is 17.2 Å². The van der Waals surface area contributed by atoms with Gasteiger partial charge in [0.05, 0.1) is 5.39 Å². The highest BCUT2D eigenvalue weighted by Crippen LogP contribution is 2.39. The Labute approximate surface area is 181 Å². The Hall–Kier alpha value is -3.74. The van der Waals surface area contributed by atoms with Crippen LogP contribution in [0.15, 0.2) is 75.9 Å². The average molecular weight is 440 g/mol. The lowest BCUT2D eigenvalue weighted by molar-refractivity contribution is -0.154. The summed E-state index contributed by atoms with van der Waals surface area (Å²) in [5.74, 6) is -1.95. The van der Waals surface area contributed by atoms with Gasteiger partial charge in [0.2, 0.25) is 11.2 Å². The van der Waals surface area contributed by atoms with Gasteiger partial charge in [-0.2, -0.15) is 13.2 Å². The molecule has 164 valence electrons. The van der Waals surface area contributed by atoms with Crippen molar-refractivity contribution in [3.05, 3.63) is 99.4 Å². The van der Waals surface area contributed by atoms with Crippen LogP contribution in [0.2, 0.25) is 0 Å². The fraction of sp³-hybridized carbons (Fsp3) is 0.160. The minimum absolute atomic E-state index is 0.0367. The largest absolute Gasteiger partial charge is 0.489 e. The number of benzene rings is 3. The van der Waals surface area contributed by atoms with E-state index in [4.69, 9.17) is 13.9 Å². The molecule has 0 N–H and O–H groups in total. The number of hydrogen-bond acceptors (Lipinski definition) is 4. The molecule has 0 radical (unpaired) electrons. The molecule has 1 aromatic heterocycles. The van der Waals surface area contributed by atoms with Crippen LogP contribution >= 0.6 is 0 Å². The third-order valence-corrected chi connectivity index (χ3v) is 4.88. The standard InChI is InChI=1S/C25H19F3O4/c1-15-8-9-16(2)20(12-15)31-23-22(29)19-11-10-18(30-14-17-6-4-3-5-7-17)13-21(19)32-24(23)25(26,27)28/h3-13H,14H2,1-2H3. The van der Waals surface area contributed by atoms with Gasteiger partial charge in [-0.05, 0) is 48.7 Å². The quantitative estimate of drug-likeness (QED) is 0.342. The van der Waals surface area contributed by atoms with Gasteiger partial charge in [0.15, 0.2) is 0 Å². The van der Waals surface area contributed by atoms with E-state index in [1.165, 1.54) is 18.2 Å². The first-order chi connectivity index (χ1) is 15.2. The van der Waals surface area contributed by atoms with Crippen molar-refractivity contribution < 1.29 is 27.1 Å². The van der Waals surface area contributed by atoms with Crippen LogP contribution in [0.25, 0.3) is 11.0 Å². The first-order valence-corrected chi connectivity index (χ1v) is 9.82. The highest BCUT2D eigenvalue weighted by atomic mass is 19.4. The van der Waals surface area contributed by atoms with Gasteiger partial charge >= 0.3 is 6.18 Å². The zero-order valence-electron chi connectivity index (χ0n) is 17.3. The van der Waals surface area contributed by atoms with E-state index in [1.54, 1.807) is 32.0 Å². The molecule has 0 saturated heterocycles. The van der Waals surface area contributed by atoms with Crippen LogP contribution in [0.4, 0.5) is 13.2 Å². The topological polar surface area (TPSA) is 48.7 Å². The van der Waals surface area contributed by atoms with Gasteiger partial charge in [-0.15, -0.1) is 0 Å². The van der Waals surface area contributed by atoms with E-state index in [0.29, 0.717) is 5.56 Å². The number of alkyl halides is 3. The summed E-state index contributed by atoms with van der Waals surface area (Å²) in [6.45, 7) is 3.68. The number of fused-ring (bicyclic) bond motifs is 1. The predicted octanol–water partition coefficient (Wildman–Crippen LogP) is 6.80. The summed E-state index contributed by atoms with van der Waals surface area (Å²) in [7, 11) is 0. The molecule has 4 rings (SSSR count). The molecule has 0 saturated carbocycles. The van der Waals surface area contributed by atoms with Crippen LogP contribution in [-0.4, -0.2) is 0 Å². The lowest BCUT2D eigenvalue weighted by Gasteiger charge is -2.15. The first-order valence-electron chi connectivity index (χ1n) is 9.82. The van der Waals surface area contributed by atoms with Crippen molar-refractivity contribution in [3.63, 3.8) is 0 Å². The number of aryl methyl sites for hydroxylation is 2. The molecule has 0 unspecified atom stereocenters. The minimum Gasteiger partial charge on any atom is -0.489 e. The maximum atomic E-state index is 13.8. The smallest absolute Gasteiger partial charge is 0.453 e. The fourth-order valence-corrected chi connectivity index (χ4v) is 3.19. The second-order valence-corrected chi connectivity index (χ2v) is 7.39. The van der Waals surface area contributed by atoms with Gasteiger partial charge in [0, 0.05) is 6.07 Å². The molecule has 32 heavy (non-hydrogen) atoms. The SMILES string of the molecule is Cc1ccc(C)c(Oc2c(C(F)(F)F)oc3cc(OCc4ccccc4)ccc3c2=O)c1. The van der Waals surface area contributed by atoms with Gasteiger partial charge in [-0.1, -0.05) is 42.5 Å². The van der Waals surface area contributed by atoms with E-state index < -0.39 is 23.1 Å². The molecule has 0 fully saturated rings. The van der Waals surface area contributed by atoms with Crippen molar-refractivity contribution in [2.45, 2.75) is 26.6 Å². The van der Waals surface area contributed by atoms with Crippen molar-refractivity contribution >= 4 is 11.0 Å². The number of ether oxygens (including phenoxy) is 2. The molecule has 0 amide bonds. The van der Waals surface area contributed by atoms with Crippen molar-refractivity contribution in [1.82, 2.24) is 0 Å². The Balaban J connectivity index is 1.76. The molecule has 0 aliphatic heterocycles. The maximum Gasteiger partial charge on any atom is 0.453 e. The van der Waals surface area contributed by atoms with E-state index >= 15 is 0 Å². The highest BCUT2D eigenvalue weighted by Gasteiger charge is 2.40. The molecule has 0 aliphatic rings. The predicted molar refractivity (Wildman–Crippen MR) is 114 cm³/mol. The molecule has 4 nitrogen and oxygen atoms in total. The average Bonchev–Trinajstić information content (AvgIpc) is 2.76. The van der Waals surface area contributed by atoms with E-state index in [0.717, 1.165) is 11.1 Å². The van der Waals surface area contributed by atoms with E-state index in [2.05, 4.69) is 0 Å². The Morgan fingerprint density at radius 2 is 1.69 bits per heavy atom. The van der Waals surface area contributed by atoms with Crippen LogP contribution in [0, 0.1) is 13.8 Å². The van der Waals surface area contributed by atoms with Crippen LogP contribution < -0.4 is 14.9 Å². The van der Waals surface area contributed by atoms with Crippen molar-refractivity contribution in [3.8, 4) is 17.2 Å². The van der Waals surface area contributed by atoms with E-state index in [1.807, 2.05) is 30.3 Å². The normalized spacial score (nSPS) is 11.5. The maximum absolute atomic E-state index is 13.8. The van der Waals surface area contributed by atoms with Crippen molar-refractivity contribution in [2.24, 2.45) is 0 Å². The van der Waals surface area contributed by atoms with Crippen LogP contribution in [-0.2, 0) is 12.8 Å². The molecule has 0 aliphatic carbocycles. The number of rotatable bonds is 5. The monoisotopic (exact) mass is 440 g/mol. The molecule has 7 heteroatoms. The second kappa shape index (κ2) is 8.42. The summed E-state index contributed by atoms with van der Waals surface area (Å²) >= 11 is 0. The summed E-state index contributed by atoms with van der Waals surface area (Å²) in [4.78, 5) is 13.0. The molecular formula is C25H19F3O4. The summed E-state index contributed by atoms with van der Waals surface area (Å²) in [6, 6.07) is 18.5. The Morgan fingerprint density at radius 1 is 0.938 bits per heavy atom. The molecule has 0 spiro atoms. The second-order valence-electron chi connectivity index (χ2n) is 7.39. The zero-order valence-corrected chi connectivity index (χ0v) is 17.3. The van der Waals surface area contributed by atoms with Crippen LogP contribution in [0.1, 0.15) is 22.5 Å². The molecule has 3 aromatic carbocycles. The lowest BCUT2D eigenvalue weighted by atomic mass is 10.1. The number of halogens is 3. The highest BCUT2D eigenvalue weighted by molar-refractivity contribution is 5.79. The van der Waals surface area contributed by atoms with Crippen LogP contribution in [0.3, 0.4) is 0 Å². The first kappa shape index (κ1) is 21.5. The third kappa shape index (κ3) is 4.46. The van der Waals surface area contributed by atoms with Crippen molar-refractivity contribution in [2.75, 3.05) is 0 Å². The van der Waals surface area contributed by atoms with E-state index in [-0.39, 0.29) is 29.1 Å². The molecular weight excluding hydrogens is 421 g/mol. The fourth-order valence-electron chi connectivity index (χ4n) is 3.19. The minimum atomic E-state index is -4.93. The number of hydrogen-bond donors (Lipinski definition) is 0. The summed E-state index contributed by atoms with van der Waals surface area (Å²) < 4.78 is 57.5. The summed E-state index contributed by atoms with van der Waals surface area (Å²) in [6.07, 6.45) is -4.93. The molecule has 4 aromatic rings. The van der Waals surface area contributed by atoms with Gasteiger partial charge in [0.25, 0.3) is 5.76 Å². The van der Waals surface area contributed by atoms with Crippen molar-refractivity contribution in [1.29, 1.82) is 0 Å². The zero-order chi connectivity index (χ0) is 22.9. The van der Waals surface area contributed by atoms with Gasteiger partial charge < -0.3 is 13.9 Å². The lowest BCUT2D eigenvalue weighted by Crippen LogP contribution is -2.15. The Morgan fingerprint density at radius 3 is 2.41 bits per heavy atom. The molecule has 1 heterocycles. The van der Waals surface area contributed by atoms with E-state index in [9.17, 15) is 18.0 Å². The Kier molecular flexibility index (Phi) is 5.65. The molecule has 0 bridgehead atoms. The molecule has 0 atom stereocenters. The summed E-state index contributed by atoms with van der Waals surface area (Å²) in [5.41, 5.74) is 1.12. The van der Waals surface area contributed by atoms with Gasteiger partial charge in [-0.3, -0.25) is 4.79 Å². The summed E-state index contributed by atoms with van der Waals surface area (Å²) in [5, 5.41) is -0.0367. The van der Waals surface area contributed by atoms with Gasteiger partial charge in [0.1, 0.15) is 23.7 Å².